The van der Waals surface area contributed by atoms with Crippen molar-refractivity contribution in [1.82, 2.24) is 5.32 Å². The van der Waals surface area contributed by atoms with Crippen molar-refractivity contribution in [2.45, 2.75) is 6.42 Å². The number of amides is 1. The summed E-state index contributed by atoms with van der Waals surface area (Å²) in [6.07, 6.45) is 0.713. The Hall–Kier alpha value is -0.560. The lowest BCUT2D eigenvalue weighted by molar-refractivity contribution is 0.0688. The third-order valence-electron chi connectivity index (χ3n) is 3.04. The highest BCUT2D eigenvalue weighted by atomic mass is 35.5. The van der Waals surface area contributed by atoms with E-state index in [0.29, 0.717) is 58.1 Å². The SMILES string of the molecule is COCCOCCCNC(=O)c1sc2cc(Cl)cc(Cl)c2c1Cl. The third-order valence-corrected chi connectivity index (χ3v) is 5.18. The fourth-order valence-corrected chi connectivity index (χ4v) is 4.25. The number of benzene rings is 1. The lowest BCUT2D eigenvalue weighted by Gasteiger charge is -2.05. The predicted molar refractivity (Wildman–Crippen MR) is 96.5 cm³/mol. The average molecular weight is 397 g/mol. The van der Waals surface area contributed by atoms with Gasteiger partial charge in [0, 0.05) is 35.4 Å². The smallest absolute Gasteiger partial charge is 0.262 e. The van der Waals surface area contributed by atoms with Crippen molar-refractivity contribution in [2.75, 3.05) is 33.5 Å². The number of carbonyl (C=O) groups is 1. The Morgan fingerprint density at radius 2 is 2.00 bits per heavy atom. The first kappa shape index (κ1) is 18.8. The van der Waals surface area contributed by atoms with Crippen LogP contribution in [0.25, 0.3) is 10.1 Å². The van der Waals surface area contributed by atoms with E-state index in [1.807, 2.05) is 0 Å². The minimum atomic E-state index is -0.222. The molecular formula is C15H16Cl3NO3S. The van der Waals surface area contributed by atoms with Crippen molar-refractivity contribution in [3.63, 3.8) is 0 Å². The standard InChI is InChI=1S/C15H16Cl3NO3S/c1-21-5-6-22-4-2-3-19-15(20)14-13(18)12-10(17)7-9(16)8-11(12)23-14/h7-8H,2-6H2,1H3,(H,19,20). The molecule has 0 unspecified atom stereocenters. The molecule has 0 aliphatic carbocycles. The molecule has 23 heavy (non-hydrogen) atoms. The van der Waals surface area contributed by atoms with Crippen molar-refractivity contribution in [3.05, 3.63) is 32.1 Å². The van der Waals surface area contributed by atoms with Gasteiger partial charge in [0.15, 0.2) is 0 Å². The molecule has 2 rings (SSSR count). The largest absolute Gasteiger partial charge is 0.382 e. The number of halogens is 3. The summed E-state index contributed by atoms with van der Waals surface area (Å²) in [6.45, 7) is 2.18. The molecular weight excluding hydrogens is 381 g/mol. The molecule has 2 aromatic rings. The Kier molecular flexibility index (Phi) is 7.40. The highest BCUT2D eigenvalue weighted by Gasteiger charge is 2.19. The monoisotopic (exact) mass is 395 g/mol. The van der Waals surface area contributed by atoms with Crippen LogP contribution in [-0.4, -0.2) is 39.4 Å². The molecule has 1 amide bonds. The van der Waals surface area contributed by atoms with Gasteiger partial charge < -0.3 is 14.8 Å². The van der Waals surface area contributed by atoms with E-state index in [4.69, 9.17) is 44.3 Å². The van der Waals surface area contributed by atoms with Gasteiger partial charge >= 0.3 is 0 Å². The lowest BCUT2D eigenvalue weighted by atomic mass is 10.2. The van der Waals surface area contributed by atoms with Gasteiger partial charge in [-0.3, -0.25) is 4.79 Å². The van der Waals surface area contributed by atoms with Crippen molar-refractivity contribution < 1.29 is 14.3 Å². The van der Waals surface area contributed by atoms with Crippen LogP contribution in [0.3, 0.4) is 0 Å². The van der Waals surface area contributed by atoms with E-state index in [2.05, 4.69) is 5.32 Å². The van der Waals surface area contributed by atoms with E-state index in [-0.39, 0.29) is 5.91 Å². The van der Waals surface area contributed by atoms with Crippen molar-refractivity contribution in [3.8, 4) is 0 Å². The summed E-state index contributed by atoms with van der Waals surface area (Å²) >= 11 is 19.7. The van der Waals surface area contributed by atoms with Crippen LogP contribution in [-0.2, 0) is 9.47 Å². The fraction of sp³-hybridized carbons (Fsp3) is 0.400. The van der Waals surface area contributed by atoms with Gasteiger partial charge in [0.1, 0.15) is 4.88 Å². The summed E-state index contributed by atoms with van der Waals surface area (Å²) in [4.78, 5) is 12.7. The number of thiophene rings is 1. The number of methoxy groups -OCH3 is 1. The molecule has 1 aromatic heterocycles. The fourth-order valence-electron chi connectivity index (χ4n) is 1.96. The first-order valence-electron chi connectivity index (χ1n) is 6.96. The molecule has 4 nitrogen and oxygen atoms in total. The molecule has 1 aromatic carbocycles. The quantitative estimate of drug-likeness (QED) is 0.661. The van der Waals surface area contributed by atoms with Gasteiger partial charge in [-0.1, -0.05) is 34.8 Å². The molecule has 0 fully saturated rings. The van der Waals surface area contributed by atoms with Crippen LogP contribution < -0.4 is 5.32 Å². The van der Waals surface area contributed by atoms with E-state index < -0.39 is 0 Å². The van der Waals surface area contributed by atoms with Gasteiger partial charge in [-0.25, -0.2) is 0 Å². The van der Waals surface area contributed by atoms with Gasteiger partial charge in [-0.05, 0) is 18.6 Å². The van der Waals surface area contributed by atoms with Crippen LogP contribution >= 0.6 is 46.1 Å². The summed E-state index contributed by atoms with van der Waals surface area (Å²) in [7, 11) is 1.62. The molecule has 0 aliphatic heterocycles. The maximum Gasteiger partial charge on any atom is 0.262 e. The maximum atomic E-state index is 12.2. The molecule has 1 heterocycles. The van der Waals surface area contributed by atoms with E-state index in [0.717, 1.165) is 4.70 Å². The predicted octanol–water partition coefficient (Wildman–Crippen LogP) is 4.64. The zero-order valence-corrected chi connectivity index (χ0v) is 15.5. The minimum absolute atomic E-state index is 0.222. The van der Waals surface area contributed by atoms with Crippen molar-refractivity contribution in [1.29, 1.82) is 0 Å². The van der Waals surface area contributed by atoms with Crippen LogP contribution in [0.5, 0.6) is 0 Å². The van der Waals surface area contributed by atoms with Gasteiger partial charge in [0.2, 0.25) is 0 Å². The number of nitrogens with one attached hydrogen (secondary N) is 1. The first-order valence-corrected chi connectivity index (χ1v) is 8.91. The zero-order chi connectivity index (χ0) is 16.8. The third kappa shape index (κ3) is 4.95. The number of hydrogen-bond acceptors (Lipinski definition) is 4. The molecule has 126 valence electrons. The average Bonchev–Trinajstić information content (AvgIpc) is 2.83. The molecule has 0 bridgehead atoms. The van der Waals surface area contributed by atoms with E-state index in [9.17, 15) is 4.79 Å². The van der Waals surface area contributed by atoms with E-state index >= 15 is 0 Å². The van der Waals surface area contributed by atoms with Crippen LogP contribution in [0.1, 0.15) is 16.1 Å². The number of fused-ring (bicyclic) bond motifs is 1. The Labute approximate surface area is 153 Å². The molecule has 0 aliphatic rings. The van der Waals surface area contributed by atoms with E-state index in [1.165, 1.54) is 11.3 Å². The Morgan fingerprint density at radius 1 is 1.22 bits per heavy atom. The molecule has 8 heteroatoms. The molecule has 0 radical (unpaired) electrons. The van der Waals surface area contributed by atoms with Crippen LogP contribution in [0.2, 0.25) is 15.1 Å². The normalized spacial score (nSPS) is 11.1. The second-order valence-electron chi connectivity index (χ2n) is 4.72. The van der Waals surface area contributed by atoms with Crippen molar-refractivity contribution in [2.24, 2.45) is 0 Å². The Balaban J connectivity index is 1.94. The van der Waals surface area contributed by atoms with E-state index in [1.54, 1.807) is 19.2 Å². The Bertz CT molecular complexity index is 690. The summed E-state index contributed by atoms with van der Waals surface area (Å²) in [5.74, 6) is -0.222. The number of carbonyl (C=O) groups excluding carboxylic acids is 1. The van der Waals surface area contributed by atoms with Gasteiger partial charge in [0.25, 0.3) is 5.91 Å². The van der Waals surface area contributed by atoms with Crippen LogP contribution in [0, 0.1) is 0 Å². The second-order valence-corrected chi connectivity index (χ2v) is 6.99. The van der Waals surface area contributed by atoms with Crippen LogP contribution in [0.15, 0.2) is 12.1 Å². The van der Waals surface area contributed by atoms with Gasteiger partial charge in [-0.15, -0.1) is 11.3 Å². The number of hydrogen-bond donors (Lipinski definition) is 1. The molecule has 0 saturated heterocycles. The number of rotatable bonds is 8. The number of ether oxygens (including phenoxy) is 2. The highest BCUT2D eigenvalue weighted by molar-refractivity contribution is 7.21. The summed E-state index contributed by atoms with van der Waals surface area (Å²) < 4.78 is 11.0. The zero-order valence-electron chi connectivity index (χ0n) is 12.5. The van der Waals surface area contributed by atoms with Gasteiger partial charge in [-0.2, -0.15) is 0 Å². The first-order chi connectivity index (χ1) is 11.0. The molecule has 1 N–H and O–H groups in total. The highest BCUT2D eigenvalue weighted by Crippen LogP contribution is 2.41. The molecule has 0 atom stereocenters. The van der Waals surface area contributed by atoms with Crippen molar-refractivity contribution >= 4 is 62.1 Å². The minimum Gasteiger partial charge on any atom is -0.382 e. The summed E-state index contributed by atoms with van der Waals surface area (Å²) in [5, 5.41) is 4.81. The molecule has 0 spiro atoms. The summed E-state index contributed by atoms with van der Waals surface area (Å²) in [5.41, 5.74) is 0. The Morgan fingerprint density at radius 3 is 2.74 bits per heavy atom. The second kappa shape index (κ2) is 9.06. The topological polar surface area (TPSA) is 47.6 Å². The van der Waals surface area contributed by atoms with Gasteiger partial charge in [0.05, 0.1) is 23.3 Å². The molecule has 0 saturated carbocycles. The van der Waals surface area contributed by atoms with Crippen LogP contribution in [0.4, 0.5) is 0 Å². The lowest BCUT2D eigenvalue weighted by Crippen LogP contribution is -2.24. The maximum absolute atomic E-state index is 12.2. The summed E-state index contributed by atoms with van der Waals surface area (Å²) in [6, 6.07) is 3.36.